The minimum absolute atomic E-state index is 0.0783. The maximum Gasteiger partial charge on any atom is 0.255 e. The molecule has 0 saturated heterocycles. The van der Waals surface area contributed by atoms with Crippen LogP contribution in [0, 0.1) is 13.8 Å². The summed E-state index contributed by atoms with van der Waals surface area (Å²) in [5, 5.41) is 10.5. The number of carbonyl (C=O) groups excluding carboxylic acids is 1. The number of hydrogen-bond donors (Lipinski definition) is 1. The van der Waals surface area contributed by atoms with Crippen molar-refractivity contribution in [2.75, 3.05) is 11.6 Å². The first-order valence-electron chi connectivity index (χ1n) is 8.27. The molecule has 3 rings (SSSR count). The Morgan fingerprint density at radius 2 is 1.70 bits per heavy atom. The van der Waals surface area contributed by atoms with E-state index in [0.29, 0.717) is 16.9 Å². The van der Waals surface area contributed by atoms with Gasteiger partial charge in [0.2, 0.25) is 0 Å². The van der Waals surface area contributed by atoms with Crippen LogP contribution >= 0.6 is 0 Å². The van der Waals surface area contributed by atoms with Crippen molar-refractivity contribution >= 4 is 21.4 Å². The summed E-state index contributed by atoms with van der Waals surface area (Å²) < 4.78 is 23.0. The van der Waals surface area contributed by atoms with Crippen molar-refractivity contribution in [1.29, 1.82) is 0 Å². The highest BCUT2D eigenvalue weighted by atomic mass is 32.2. The lowest BCUT2D eigenvalue weighted by Crippen LogP contribution is -2.12. The summed E-state index contributed by atoms with van der Waals surface area (Å²) in [4.78, 5) is 12.5. The first kappa shape index (κ1) is 18.7. The Labute approximate surface area is 158 Å². The van der Waals surface area contributed by atoms with Crippen molar-refractivity contribution in [1.82, 2.24) is 10.2 Å². The third-order valence-electron chi connectivity index (χ3n) is 4.21. The summed E-state index contributed by atoms with van der Waals surface area (Å²) in [7, 11) is -3.39. The summed E-state index contributed by atoms with van der Waals surface area (Å²) in [6.45, 7) is 3.96. The molecule has 0 bridgehead atoms. The Hall–Kier alpha value is -3.06. The van der Waals surface area contributed by atoms with Gasteiger partial charge in [0.05, 0.1) is 5.69 Å². The van der Waals surface area contributed by atoms with Gasteiger partial charge in [-0.3, -0.25) is 4.79 Å². The zero-order valence-corrected chi connectivity index (χ0v) is 16.0. The van der Waals surface area contributed by atoms with E-state index < -0.39 is 9.84 Å². The van der Waals surface area contributed by atoms with Gasteiger partial charge in [0.25, 0.3) is 5.91 Å². The van der Waals surface area contributed by atoms with Crippen LogP contribution in [0.5, 0.6) is 0 Å². The molecule has 7 heteroatoms. The molecule has 1 amide bonds. The van der Waals surface area contributed by atoms with Gasteiger partial charge in [-0.15, -0.1) is 10.2 Å². The second-order valence-electron chi connectivity index (χ2n) is 6.36. The lowest BCUT2D eigenvalue weighted by molar-refractivity contribution is 0.102. The van der Waals surface area contributed by atoms with Crippen LogP contribution in [-0.4, -0.2) is 30.8 Å². The molecule has 27 heavy (non-hydrogen) atoms. The molecule has 0 spiro atoms. The number of amides is 1. The maximum atomic E-state index is 12.5. The predicted octanol–water partition coefficient (Wildman–Crippen LogP) is 3.42. The minimum Gasteiger partial charge on any atom is -0.322 e. The molecule has 1 heterocycles. The topological polar surface area (TPSA) is 89.0 Å². The van der Waals surface area contributed by atoms with Crippen molar-refractivity contribution in [2.45, 2.75) is 18.9 Å². The van der Waals surface area contributed by atoms with Gasteiger partial charge in [-0.25, -0.2) is 8.42 Å². The fourth-order valence-electron chi connectivity index (χ4n) is 2.51. The lowest BCUT2D eigenvalue weighted by Gasteiger charge is -2.09. The standard InChI is InChI=1S/C20H19N3O3S/c1-13-7-8-16(11-14(13)2)20(24)21-17-6-4-5-15(12-17)18-9-10-19(23-22-18)27(3,25)26/h4-12H,1-3H3,(H,21,24). The van der Waals surface area contributed by atoms with E-state index in [9.17, 15) is 13.2 Å². The Morgan fingerprint density at radius 3 is 2.33 bits per heavy atom. The van der Waals surface area contributed by atoms with Crippen LogP contribution in [0.15, 0.2) is 59.6 Å². The third-order valence-corrected chi connectivity index (χ3v) is 5.18. The normalized spacial score (nSPS) is 11.2. The van der Waals surface area contributed by atoms with Crippen LogP contribution in [0.2, 0.25) is 0 Å². The molecule has 2 aromatic carbocycles. The molecular formula is C20H19N3O3S. The monoisotopic (exact) mass is 381 g/mol. The number of benzene rings is 2. The number of aryl methyl sites for hydroxylation is 2. The number of hydrogen-bond acceptors (Lipinski definition) is 5. The number of anilines is 1. The summed E-state index contributed by atoms with van der Waals surface area (Å²) in [5.74, 6) is -0.200. The van der Waals surface area contributed by atoms with Gasteiger partial charge >= 0.3 is 0 Å². The molecule has 0 unspecified atom stereocenters. The van der Waals surface area contributed by atoms with Crippen LogP contribution in [0.3, 0.4) is 0 Å². The number of sulfone groups is 1. The molecule has 1 N–H and O–H groups in total. The van der Waals surface area contributed by atoms with Crippen molar-refractivity contribution < 1.29 is 13.2 Å². The van der Waals surface area contributed by atoms with E-state index in [4.69, 9.17) is 0 Å². The van der Waals surface area contributed by atoms with E-state index in [0.717, 1.165) is 22.9 Å². The van der Waals surface area contributed by atoms with Crippen LogP contribution in [0.4, 0.5) is 5.69 Å². The quantitative estimate of drug-likeness (QED) is 0.748. The van der Waals surface area contributed by atoms with E-state index in [2.05, 4.69) is 15.5 Å². The van der Waals surface area contributed by atoms with Gasteiger partial charge in [0.15, 0.2) is 14.9 Å². The maximum absolute atomic E-state index is 12.5. The summed E-state index contributed by atoms with van der Waals surface area (Å²) in [6.07, 6.45) is 1.08. The van der Waals surface area contributed by atoms with Gasteiger partial charge in [-0.05, 0) is 61.4 Å². The predicted molar refractivity (Wildman–Crippen MR) is 104 cm³/mol. The molecule has 0 radical (unpaired) electrons. The van der Waals surface area contributed by atoms with E-state index in [1.54, 1.807) is 30.3 Å². The van der Waals surface area contributed by atoms with Gasteiger partial charge in [-0.1, -0.05) is 18.2 Å². The van der Waals surface area contributed by atoms with E-state index >= 15 is 0 Å². The zero-order chi connectivity index (χ0) is 19.6. The SMILES string of the molecule is Cc1ccc(C(=O)Nc2cccc(-c3ccc(S(C)(=O)=O)nn3)c2)cc1C. The first-order chi connectivity index (χ1) is 12.7. The Morgan fingerprint density at radius 1 is 0.926 bits per heavy atom. The van der Waals surface area contributed by atoms with Crippen LogP contribution in [0.1, 0.15) is 21.5 Å². The van der Waals surface area contributed by atoms with Gasteiger partial charge in [0, 0.05) is 23.1 Å². The summed E-state index contributed by atoms with van der Waals surface area (Å²) >= 11 is 0. The molecule has 0 aliphatic heterocycles. The molecule has 0 saturated carbocycles. The van der Waals surface area contributed by atoms with Crippen LogP contribution in [-0.2, 0) is 9.84 Å². The van der Waals surface area contributed by atoms with Gasteiger partial charge < -0.3 is 5.32 Å². The summed E-state index contributed by atoms with van der Waals surface area (Å²) in [6, 6.07) is 15.7. The van der Waals surface area contributed by atoms with E-state index in [1.165, 1.54) is 6.07 Å². The van der Waals surface area contributed by atoms with Crippen molar-refractivity contribution in [3.8, 4) is 11.3 Å². The number of rotatable bonds is 4. The fraction of sp³-hybridized carbons (Fsp3) is 0.150. The highest BCUT2D eigenvalue weighted by molar-refractivity contribution is 7.90. The average Bonchev–Trinajstić information content (AvgIpc) is 2.63. The van der Waals surface area contributed by atoms with E-state index in [-0.39, 0.29) is 10.9 Å². The molecule has 0 aliphatic rings. The molecule has 1 aromatic heterocycles. The molecule has 0 fully saturated rings. The molecule has 6 nitrogen and oxygen atoms in total. The minimum atomic E-state index is -3.39. The number of nitrogens with one attached hydrogen (secondary N) is 1. The molecule has 138 valence electrons. The van der Waals surface area contributed by atoms with Gasteiger partial charge in [0.1, 0.15) is 0 Å². The zero-order valence-electron chi connectivity index (χ0n) is 15.2. The molecule has 3 aromatic rings. The number of carbonyl (C=O) groups is 1. The average molecular weight is 381 g/mol. The van der Waals surface area contributed by atoms with Crippen LogP contribution < -0.4 is 5.32 Å². The lowest BCUT2D eigenvalue weighted by atomic mass is 10.1. The summed E-state index contributed by atoms with van der Waals surface area (Å²) in [5.41, 5.74) is 4.62. The number of aromatic nitrogens is 2. The largest absolute Gasteiger partial charge is 0.322 e. The number of nitrogens with zero attached hydrogens (tertiary/aromatic N) is 2. The van der Waals surface area contributed by atoms with Crippen molar-refractivity contribution in [2.24, 2.45) is 0 Å². The van der Waals surface area contributed by atoms with E-state index in [1.807, 2.05) is 32.0 Å². The molecular weight excluding hydrogens is 362 g/mol. The third kappa shape index (κ3) is 4.38. The highest BCUT2D eigenvalue weighted by Gasteiger charge is 2.11. The van der Waals surface area contributed by atoms with Gasteiger partial charge in [-0.2, -0.15) is 0 Å². The highest BCUT2D eigenvalue weighted by Crippen LogP contribution is 2.22. The fourth-order valence-corrected chi connectivity index (χ4v) is 3.02. The Bertz CT molecular complexity index is 1110. The Balaban J connectivity index is 1.83. The second-order valence-corrected chi connectivity index (χ2v) is 8.33. The second kappa shape index (κ2) is 7.28. The smallest absolute Gasteiger partial charge is 0.255 e. The molecule has 0 atom stereocenters. The van der Waals surface area contributed by atoms with Crippen molar-refractivity contribution in [3.05, 3.63) is 71.3 Å². The first-order valence-corrected chi connectivity index (χ1v) is 10.2. The van der Waals surface area contributed by atoms with Crippen molar-refractivity contribution in [3.63, 3.8) is 0 Å². The molecule has 0 aliphatic carbocycles. The Kier molecular flexibility index (Phi) is 5.05. The van der Waals surface area contributed by atoms with Crippen LogP contribution in [0.25, 0.3) is 11.3 Å².